The van der Waals surface area contributed by atoms with Gasteiger partial charge in [-0.3, -0.25) is 4.40 Å². The van der Waals surface area contributed by atoms with E-state index in [0.717, 1.165) is 17.1 Å². The van der Waals surface area contributed by atoms with Gasteiger partial charge in [-0.2, -0.15) is 0 Å². The zero-order valence-corrected chi connectivity index (χ0v) is 36.2. The minimum Gasteiger partial charge on any atom is -0.310 e. The summed E-state index contributed by atoms with van der Waals surface area (Å²) in [5.41, 5.74) is 15.4. The van der Waals surface area contributed by atoms with E-state index in [1.54, 1.807) is 0 Å². The van der Waals surface area contributed by atoms with Crippen molar-refractivity contribution in [1.82, 2.24) is 4.40 Å². The number of fused-ring (bicyclic) bond motifs is 11. The number of thiazole rings is 1. The molecule has 0 atom stereocenters. The van der Waals surface area contributed by atoms with Crippen molar-refractivity contribution in [2.24, 2.45) is 0 Å². The van der Waals surface area contributed by atoms with Crippen LogP contribution in [0.3, 0.4) is 0 Å². The Morgan fingerprint density at radius 1 is 0.277 bits per heavy atom. The Morgan fingerprint density at radius 3 is 1.37 bits per heavy atom. The average molecular weight is 845 g/mol. The highest BCUT2D eigenvalue weighted by atomic mass is 32.1. The zero-order valence-electron chi connectivity index (χ0n) is 35.4. The lowest BCUT2D eigenvalue weighted by molar-refractivity contribution is 1.29. The van der Waals surface area contributed by atoms with Gasteiger partial charge in [-0.05, 0) is 132 Å². The quantitative estimate of drug-likeness (QED) is 0.145. The van der Waals surface area contributed by atoms with Gasteiger partial charge in [0.25, 0.3) is 0 Å². The molecule has 0 bridgehead atoms. The fraction of sp³-hybridized carbons (Fsp3) is 0. The van der Waals surface area contributed by atoms with E-state index < -0.39 is 0 Å². The summed E-state index contributed by atoms with van der Waals surface area (Å²) in [5.74, 6) is 0. The molecule has 65 heavy (non-hydrogen) atoms. The Morgan fingerprint density at radius 2 is 0.754 bits per heavy atom. The fourth-order valence-electron chi connectivity index (χ4n) is 10.1. The molecule has 0 N–H and O–H groups in total. The van der Waals surface area contributed by atoms with E-state index >= 15 is 0 Å². The van der Waals surface area contributed by atoms with Crippen molar-refractivity contribution in [2.75, 3.05) is 4.90 Å². The third-order valence-corrected chi connectivity index (χ3v) is 14.3. The normalized spacial score (nSPS) is 11.7. The Balaban J connectivity index is 0.996. The molecule has 2 nitrogen and oxygen atoms in total. The molecule has 11 aromatic carbocycles. The number of nitrogens with zero attached hydrogens (tertiary/aromatic N) is 2. The molecule has 0 saturated carbocycles. The number of para-hydroxylation sites is 1. The second-order valence-electron chi connectivity index (χ2n) is 16.9. The minimum atomic E-state index is 1.09. The van der Waals surface area contributed by atoms with Gasteiger partial charge in [0.05, 0.1) is 15.7 Å². The van der Waals surface area contributed by atoms with Gasteiger partial charge in [-0.1, -0.05) is 182 Å². The highest BCUT2D eigenvalue weighted by molar-refractivity contribution is 7.24. The lowest BCUT2D eigenvalue weighted by atomic mass is 9.93. The molecule has 0 spiro atoms. The van der Waals surface area contributed by atoms with E-state index in [1.807, 2.05) is 11.3 Å². The Bertz CT molecular complexity index is 3830. The summed E-state index contributed by atoms with van der Waals surface area (Å²) in [5, 5.41) is 8.85. The summed E-state index contributed by atoms with van der Waals surface area (Å²) < 4.78 is 3.74. The molecular weight excluding hydrogens is 805 g/mol. The van der Waals surface area contributed by atoms with Crippen molar-refractivity contribution in [3.8, 4) is 44.5 Å². The smallest absolute Gasteiger partial charge is 0.109 e. The molecule has 3 heteroatoms. The Hall–Kier alpha value is -8.24. The van der Waals surface area contributed by atoms with E-state index in [-0.39, 0.29) is 0 Å². The lowest BCUT2D eigenvalue weighted by Gasteiger charge is -2.28. The summed E-state index contributed by atoms with van der Waals surface area (Å²) in [6.07, 6.45) is 0. The fourth-order valence-corrected chi connectivity index (χ4v) is 11.3. The van der Waals surface area contributed by atoms with Crippen molar-refractivity contribution in [3.63, 3.8) is 0 Å². The maximum Gasteiger partial charge on any atom is 0.109 e. The maximum atomic E-state index is 2.47. The second kappa shape index (κ2) is 15.2. The van der Waals surface area contributed by atoms with Crippen molar-refractivity contribution in [1.29, 1.82) is 0 Å². The summed E-state index contributed by atoms with van der Waals surface area (Å²) in [4.78, 5) is 3.72. The van der Waals surface area contributed by atoms with Crippen molar-refractivity contribution in [3.05, 3.63) is 243 Å². The topological polar surface area (TPSA) is 7.65 Å². The number of hydrogen-bond donors (Lipinski definition) is 0. The first-order valence-corrected chi connectivity index (χ1v) is 23.1. The summed E-state index contributed by atoms with van der Waals surface area (Å²) in [7, 11) is 0. The summed E-state index contributed by atoms with van der Waals surface area (Å²) in [6.45, 7) is 0. The van der Waals surface area contributed by atoms with E-state index in [9.17, 15) is 0 Å². The van der Waals surface area contributed by atoms with E-state index in [0.29, 0.717) is 0 Å². The van der Waals surface area contributed by atoms with Gasteiger partial charge in [0.1, 0.15) is 4.83 Å². The Kier molecular flexibility index (Phi) is 8.75. The van der Waals surface area contributed by atoms with Crippen LogP contribution in [0.5, 0.6) is 0 Å². The van der Waals surface area contributed by atoms with Gasteiger partial charge in [0.2, 0.25) is 0 Å². The van der Waals surface area contributed by atoms with E-state index in [1.165, 1.54) is 103 Å². The minimum absolute atomic E-state index is 1.09. The predicted molar refractivity (Wildman–Crippen MR) is 279 cm³/mol. The van der Waals surface area contributed by atoms with Crippen LogP contribution in [0.25, 0.3) is 103 Å². The molecule has 0 aliphatic heterocycles. The molecule has 304 valence electrons. The van der Waals surface area contributed by atoms with Gasteiger partial charge < -0.3 is 4.90 Å². The predicted octanol–water partition coefficient (Wildman–Crippen LogP) is 17.9. The maximum absolute atomic E-state index is 2.47. The second-order valence-corrected chi connectivity index (χ2v) is 17.9. The molecule has 0 saturated heterocycles. The molecule has 0 unspecified atom stereocenters. The number of hydrogen-bond acceptors (Lipinski definition) is 2. The first-order chi connectivity index (χ1) is 32.2. The van der Waals surface area contributed by atoms with Gasteiger partial charge in [0, 0.05) is 28.0 Å². The van der Waals surface area contributed by atoms with E-state index in [4.69, 9.17) is 0 Å². The van der Waals surface area contributed by atoms with Crippen LogP contribution in [0.15, 0.2) is 243 Å². The molecule has 13 rings (SSSR count). The molecule has 0 aliphatic rings. The highest BCUT2D eigenvalue weighted by Gasteiger charge is 2.21. The standard InChI is InChI=1S/C62H40N2S/c1-4-16-41(17-5-1)46-36-47(42-18-6-2-7-19-42)38-50(37-46)63(49-33-34-55-53-24-11-10-22-51(53)52-23-12-13-25-54(52)57(55)40-49)48-31-28-43(29-32-48)45-30-35-60-59(39-45)64-58-27-15-14-26-56(58)61(62(64)65-60)44-20-8-3-9-21-44/h1-40H. The van der Waals surface area contributed by atoms with Crippen LogP contribution < -0.4 is 4.90 Å². The summed E-state index contributed by atoms with van der Waals surface area (Å²) >= 11 is 1.87. The first kappa shape index (κ1) is 37.3. The monoisotopic (exact) mass is 844 g/mol. The van der Waals surface area contributed by atoms with Crippen molar-refractivity contribution in [2.45, 2.75) is 0 Å². The van der Waals surface area contributed by atoms with Crippen LogP contribution in [0.4, 0.5) is 17.1 Å². The molecular formula is C62H40N2S. The number of anilines is 3. The summed E-state index contributed by atoms with van der Waals surface area (Å²) in [6, 6.07) is 89.0. The number of aromatic nitrogens is 1. The van der Waals surface area contributed by atoms with Gasteiger partial charge >= 0.3 is 0 Å². The highest BCUT2D eigenvalue weighted by Crippen LogP contribution is 2.45. The zero-order chi connectivity index (χ0) is 42.8. The largest absolute Gasteiger partial charge is 0.310 e. The van der Waals surface area contributed by atoms with Gasteiger partial charge in [0.15, 0.2) is 0 Å². The molecule has 0 amide bonds. The number of rotatable bonds is 7. The van der Waals surface area contributed by atoms with Crippen LogP contribution >= 0.6 is 11.3 Å². The third-order valence-electron chi connectivity index (χ3n) is 13.1. The average Bonchev–Trinajstić information content (AvgIpc) is 3.92. The third kappa shape index (κ3) is 6.24. The molecule has 2 heterocycles. The Labute approximate surface area is 381 Å². The van der Waals surface area contributed by atoms with Crippen molar-refractivity contribution >= 4 is 86.7 Å². The van der Waals surface area contributed by atoms with Crippen LogP contribution in [-0.2, 0) is 0 Å². The van der Waals surface area contributed by atoms with Crippen LogP contribution in [-0.4, -0.2) is 4.40 Å². The van der Waals surface area contributed by atoms with Crippen LogP contribution in [0.1, 0.15) is 0 Å². The lowest BCUT2D eigenvalue weighted by Crippen LogP contribution is -2.10. The number of benzene rings is 11. The molecule has 2 aromatic heterocycles. The van der Waals surface area contributed by atoms with Gasteiger partial charge in [-0.25, -0.2) is 0 Å². The molecule has 13 aromatic rings. The SMILES string of the molecule is c1ccc(-c2cc(-c3ccccc3)cc(N(c3ccc(-c4ccc5sc6c(-c7ccccc7)c7ccccc7n6c5c4)cc3)c3ccc4c5ccccc5c5ccccc5c4c3)c2)cc1. The van der Waals surface area contributed by atoms with Crippen molar-refractivity contribution < 1.29 is 0 Å². The first-order valence-electron chi connectivity index (χ1n) is 22.2. The van der Waals surface area contributed by atoms with Gasteiger partial charge in [-0.15, -0.1) is 11.3 Å². The van der Waals surface area contributed by atoms with E-state index in [2.05, 4.69) is 252 Å². The van der Waals surface area contributed by atoms with Crippen LogP contribution in [0.2, 0.25) is 0 Å². The van der Waals surface area contributed by atoms with Crippen LogP contribution in [0, 0.1) is 0 Å². The molecule has 0 aliphatic carbocycles. The molecule has 0 radical (unpaired) electrons. The molecule has 0 fully saturated rings.